The van der Waals surface area contributed by atoms with Crippen molar-refractivity contribution in [3.63, 3.8) is 0 Å². The van der Waals surface area contributed by atoms with Gasteiger partial charge in [0.25, 0.3) is 0 Å². The smallest absolute Gasteiger partial charge is 0.550 e. The second-order valence-corrected chi connectivity index (χ2v) is 2.06. The van der Waals surface area contributed by atoms with Crippen molar-refractivity contribution in [2.24, 2.45) is 5.92 Å². The third kappa shape index (κ3) is 8.93. The summed E-state index contributed by atoms with van der Waals surface area (Å²) < 4.78 is 0. The first-order chi connectivity index (χ1) is 4.95. The topological polar surface area (TPSA) is 97.3 Å². The van der Waals surface area contributed by atoms with E-state index >= 15 is 0 Å². The molecule has 62 valence electrons. The molecule has 0 saturated heterocycles. The van der Waals surface area contributed by atoms with Crippen molar-refractivity contribution in [2.45, 2.75) is 13.3 Å². The van der Waals surface area contributed by atoms with Crippen LogP contribution in [0.3, 0.4) is 0 Å². The van der Waals surface area contributed by atoms with Crippen molar-refractivity contribution < 1.29 is 83.7 Å². The summed E-state index contributed by atoms with van der Waals surface area (Å²) in [5, 5.41) is 19.9. The molecule has 13 heavy (non-hydrogen) atoms. The molecular weight excluding hydrogens is 198 g/mol. The molecule has 0 aliphatic heterocycles. The Labute approximate surface area is 119 Å². The second kappa shape index (κ2) is 9.18. The van der Waals surface area contributed by atoms with Gasteiger partial charge in [-0.15, -0.1) is 0 Å². The maximum Gasteiger partial charge on any atom is 1.00 e. The first-order valence-corrected chi connectivity index (χ1v) is 2.86. The minimum Gasteiger partial charge on any atom is -0.550 e. The van der Waals surface area contributed by atoms with Gasteiger partial charge in [0.1, 0.15) is 5.78 Å². The van der Waals surface area contributed by atoms with Gasteiger partial charge in [-0.1, -0.05) is 0 Å². The van der Waals surface area contributed by atoms with E-state index in [1.165, 1.54) is 0 Å². The van der Waals surface area contributed by atoms with Crippen molar-refractivity contribution in [1.82, 2.24) is 0 Å². The molecular formula is C6H6Na2O5. The zero-order valence-electron chi connectivity index (χ0n) is 7.83. The van der Waals surface area contributed by atoms with E-state index in [9.17, 15) is 24.6 Å². The molecule has 0 fully saturated rings. The van der Waals surface area contributed by atoms with Crippen LogP contribution in [0.15, 0.2) is 0 Å². The van der Waals surface area contributed by atoms with Crippen molar-refractivity contribution in [1.29, 1.82) is 0 Å². The zero-order chi connectivity index (χ0) is 9.02. The van der Waals surface area contributed by atoms with Gasteiger partial charge in [-0.2, -0.15) is 0 Å². The number of carboxylic acid groups (broad SMARTS) is 2. The van der Waals surface area contributed by atoms with E-state index in [4.69, 9.17) is 0 Å². The summed E-state index contributed by atoms with van der Waals surface area (Å²) >= 11 is 0. The summed E-state index contributed by atoms with van der Waals surface area (Å²) in [5.74, 6) is -5.58. The largest absolute Gasteiger partial charge is 1.00 e. The first kappa shape index (κ1) is 19.2. The average Bonchev–Trinajstić information content (AvgIpc) is 1.81. The Bertz CT molecular complexity index is 189. The van der Waals surface area contributed by atoms with Gasteiger partial charge in [-0.3, -0.25) is 4.79 Å². The molecule has 0 aliphatic carbocycles. The van der Waals surface area contributed by atoms with E-state index in [0.29, 0.717) is 0 Å². The first-order valence-electron chi connectivity index (χ1n) is 2.86. The molecule has 0 radical (unpaired) electrons. The third-order valence-electron chi connectivity index (χ3n) is 1.15. The van der Waals surface area contributed by atoms with Gasteiger partial charge < -0.3 is 19.8 Å². The Balaban J connectivity index is -0.000000500. The number of hydrogen-bond donors (Lipinski definition) is 0. The number of carboxylic acids is 2. The number of aliphatic carboxylic acids is 2. The summed E-state index contributed by atoms with van der Waals surface area (Å²) in [6.07, 6.45) is -0.822. The van der Waals surface area contributed by atoms with Gasteiger partial charge in [0.05, 0.1) is 11.9 Å². The molecule has 0 amide bonds. The Morgan fingerprint density at radius 2 is 1.54 bits per heavy atom. The quantitative estimate of drug-likeness (QED) is 0.334. The normalized spacial score (nSPS) is 10.2. The van der Waals surface area contributed by atoms with Gasteiger partial charge >= 0.3 is 59.1 Å². The van der Waals surface area contributed by atoms with Crippen LogP contribution in [-0.2, 0) is 14.4 Å². The molecule has 0 aromatic rings. The van der Waals surface area contributed by atoms with Crippen LogP contribution in [0, 0.1) is 5.92 Å². The minimum atomic E-state index is -1.68. The molecule has 5 nitrogen and oxygen atoms in total. The molecule has 7 heteroatoms. The van der Waals surface area contributed by atoms with Crippen LogP contribution in [0.4, 0.5) is 0 Å². The minimum absolute atomic E-state index is 0. The number of hydrogen-bond acceptors (Lipinski definition) is 5. The van der Waals surface area contributed by atoms with Crippen LogP contribution in [0.25, 0.3) is 0 Å². The van der Waals surface area contributed by atoms with Crippen LogP contribution >= 0.6 is 0 Å². The molecule has 0 spiro atoms. The fraction of sp³-hybridized carbons (Fsp3) is 0.500. The Hall–Kier alpha value is 0.610. The summed E-state index contributed by atoms with van der Waals surface area (Å²) in [6, 6.07) is 0. The Morgan fingerprint density at radius 1 is 1.15 bits per heavy atom. The molecule has 1 unspecified atom stereocenters. The maximum absolute atomic E-state index is 10.4. The summed E-state index contributed by atoms with van der Waals surface area (Å²) in [6.45, 7) is 0.989. The van der Waals surface area contributed by atoms with Gasteiger partial charge in [0.2, 0.25) is 0 Å². The molecule has 0 bridgehead atoms. The van der Waals surface area contributed by atoms with Crippen molar-refractivity contribution in [3.8, 4) is 0 Å². The Kier molecular flexibility index (Phi) is 13.6. The number of ketones is 1. The predicted molar refractivity (Wildman–Crippen MR) is 28.8 cm³/mol. The van der Waals surface area contributed by atoms with Crippen LogP contribution in [0.2, 0.25) is 0 Å². The summed E-state index contributed by atoms with van der Waals surface area (Å²) in [4.78, 5) is 30.3. The van der Waals surface area contributed by atoms with Gasteiger partial charge in [0.15, 0.2) is 0 Å². The number of rotatable bonds is 4. The SMILES string of the molecule is CC(=O)C(CC(=O)[O-])C(=O)[O-].[Na+].[Na+]. The fourth-order valence-corrected chi connectivity index (χ4v) is 0.560. The molecule has 0 aliphatic rings. The Morgan fingerprint density at radius 3 is 1.62 bits per heavy atom. The van der Waals surface area contributed by atoms with E-state index in [2.05, 4.69) is 0 Å². The van der Waals surface area contributed by atoms with Gasteiger partial charge in [-0.05, 0) is 6.92 Å². The van der Waals surface area contributed by atoms with E-state index in [1.807, 2.05) is 0 Å². The second-order valence-electron chi connectivity index (χ2n) is 2.06. The zero-order valence-corrected chi connectivity index (χ0v) is 11.8. The third-order valence-corrected chi connectivity index (χ3v) is 1.15. The van der Waals surface area contributed by atoms with Crippen molar-refractivity contribution in [2.75, 3.05) is 0 Å². The van der Waals surface area contributed by atoms with E-state index < -0.39 is 30.1 Å². The summed E-state index contributed by atoms with van der Waals surface area (Å²) in [7, 11) is 0. The van der Waals surface area contributed by atoms with Crippen LogP contribution in [0.5, 0.6) is 0 Å². The van der Waals surface area contributed by atoms with E-state index in [1.54, 1.807) is 0 Å². The number of Topliss-reactive ketones (excluding diaryl/α,β-unsaturated/α-hetero) is 1. The molecule has 0 heterocycles. The number of carbonyl (C=O) groups excluding carboxylic acids is 3. The van der Waals surface area contributed by atoms with Crippen molar-refractivity contribution >= 4 is 17.7 Å². The monoisotopic (exact) mass is 204 g/mol. The van der Waals surface area contributed by atoms with Crippen LogP contribution in [0.1, 0.15) is 13.3 Å². The molecule has 0 aromatic carbocycles. The average molecular weight is 204 g/mol. The van der Waals surface area contributed by atoms with E-state index in [-0.39, 0.29) is 59.1 Å². The molecule has 0 aromatic heterocycles. The van der Waals surface area contributed by atoms with E-state index in [0.717, 1.165) is 6.92 Å². The molecule has 0 N–H and O–H groups in total. The van der Waals surface area contributed by atoms with Gasteiger partial charge in [0, 0.05) is 12.4 Å². The van der Waals surface area contributed by atoms with Crippen LogP contribution < -0.4 is 69.3 Å². The van der Waals surface area contributed by atoms with Crippen molar-refractivity contribution in [3.05, 3.63) is 0 Å². The summed E-state index contributed by atoms with van der Waals surface area (Å²) in [5.41, 5.74) is 0. The molecule has 0 saturated carbocycles. The van der Waals surface area contributed by atoms with Gasteiger partial charge in [-0.25, -0.2) is 0 Å². The predicted octanol–water partition coefficient (Wildman–Crippen LogP) is -8.91. The number of carbonyl (C=O) groups is 3. The fourth-order valence-electron chi connectivity index (χ4n) is 0.560. The standard InChI is InChI=1S/C6H8O5.2Na/c1-3(7)4(6(10)11)2-5(8)9;;/h4H,2H2,1H3,(H,8,9)(H,10,11);;/q;2*+1/p-2. The molecule has 0 rings (SSSR count). The van der Waals surface area contributed by atoms with Crippen LogP contribution in [-0.4, -0.2) is 17.7 Å². The molecule has 1 atom stereocenters. The maximum atomic E-state index is 10.4.